The maximum absolute atomic E-state index is 13.1. The lowest BCUT2D eigenvalue weighted by molar-refractivity contribution is -0.155. The minimum Gasteiger partial charge on any atom is -0.459 e. The summed E-state index contributed by atoms with van der Waals surface area (Å²) in [7, 11) is -3.83. The van der Waals surface area contributed by atoms with Gasteiger partial charge in [-0.25, -0.2) is 8.42 Å². The molecule has 0 N–H and O–H groups in total. The van der Waals surface area contributed by atoms with Crippen LogP contribution in [0.2, 0.25) is 0 Å². The average Bonchev–Trinajstić information content (AvgIpc) is 2.54. The van der Waals surface area contributed by atoms with Crippen LogP contribution >= 0.6 is 0 Å². The molecule has 0 heterocycles. The number of aryl methyl sites for hydroxylation is 1. The fourth-order valence-electron chi connectivity index (χ4n) is 2.39. The van der Waals surface area contributed by atoms with E-state index in [1.165, 1.54) is 0 Å². The van der Waals surface area contributed by atoms with Gasteiger partial charge < -0.3 is 4.74 Å². The summed E-state index contributed by atoms with van der Waals surface area (Å²) in [4.78, 5) is 12.4. The van der Waals surface area contributed by atoms with Gasteiger partial charge in [0.1, 0.15) is 12.1 Å². The van der Waals surface area contributed by atoms with Gasteiger partial charge in [-0.3, -0.25) is 4.79 Å². The third kappa shape index (κ3) is 5.68. The van der Waals surface area contributed by atoms with Crippen molar-refractivity contribution in [3.8, 4) is 0 Å². The molecule has 0 atom stereocenters. The summed E-state index contributed by atoms with van der Waals surface area (Å²) in [6.07, 6.45) is 0. The van der Waals surface area contributed by atoms with Crippen LogP contribution in [0.3, 0.4) is 0 Å². The lowest BCUT2D eigenvalue weighted by Gasteiger charge is -2.25. The van der Waals surface area contributed by atoms with Crippen molar-refractivity contribution in [1.29, 1.82) is 0 Å². The molecule has 2 aromatic rings. The van der Waals surface area contributed by atoms with Gasteiger partial charge in [-0.2, -0.15) is 4.31 Å². The molecule has 0 aromatic heterocycles. The first-order valence-electron chi connectivity index (χ1n) is 8.40. The number of rotatable bonds is 6. The summed E-state index contributed by atoms with van der Waals surface area (Å²) in [6.45, 7) is 6.89. The zero-order valence-electron chi connectivity index (χ0n) is 15.6. The van der Waals surface area contributed by atoms with Gasteiger partial charge in [0.25, 0.3) is 0 Å². The highest BCUT2D eigenvalue weighted by Crippen LogP contribution is 2.20. The van der Waals surface area contributed by atoms with Crippen LogP contribution in [0, 0.1) is 6.92 Å². The maximum atomic E-state index is 13.1. The van der Waals surface area contributed by atoms with Gasteiger partial charge in [-0.1, -0.05) is 48.0 Å². The highest BCUT2D eigenvalue weighted by molar-refractivity contribution is 7.89. The summed E-state index contributed by atoms with van der Waals surface area (Å²) in [5, 5.41) is 0. The average molecular weight is 375 g/mol. The van der Waals surface area contributed by atoms with Crippen LogP contribution < -0.4 is 0 Å². The molecule has 2 aromatic carbocycles. The zero-order chi connectivity index (χ0) is 19.4. The minimum atomic E-state index is -3.83. The lowest BCUT2D eigenvalue weighted by Crippen LogP contribution is -2.38. The van der Waals surface area contributed by atoms with Gasteiger partial charge in [0, 0.05) is 6.54 Å². The maximum Gasteiger partial charge on any atom is 0.321 e. The number of ether oxygens (including phenoxy) is 1. The molecule has 6 heteroatoms. The van der Waals surface area contributed by atoms with Crippen LogP contribution in [0.4, 0.5) is 0 Å². The molecule has 0 aliphatic heterocycles. The van der Waals surface area contributed by atoms with Crippen molar-refractivity contribution in [2.75, 3.05) is 6.54 Å². The highest BCUT2D eigenvalue weighted by atomic mass is 32.2. The van der Waals surface area contributed by atoms with E-state index >= 15 is 0 Å². The predicted octanol–water partition coefficient (Wildman–Crippen LogP) is 3.53. The largest absolute Gasteiger partial charge is 0.459 e. The van der Waals surface area contributed by atoms with Gasteiger partial charge in [-0.05, 0) is 45.4 Å². The summed E-state index contributed by atoms with van der Waals surface area (Å²) in [5.74, 6) is -0.580. The Labute approximate surface area is 155 Å². The van der Waals surface area contributed by atoms with Crippen molar-refractivity contribution >= 4 is 16.0 Å². The van der Waals surface area contributed by atoms with Crippen LogP contribution in [0.15, 0.2) is 59.5 Å². The molecule has 0 saturated heterocycles. The molecule has 140 valence electrons. The van der Waals surface area contributed by atoms with Gasteiger partial charge >= 0.3 is 5.97 Å². The smallest absolute Gasteiger partial charge is 0.321 e. The van der Waals surface area contributed by atoms with E-state index in [2.05, 4.69) is 0 Å². The second-order valence-corrected chi connectivity index (χ2v) is 9.10. The number of carbonyl (C=O) groups excluding carboxylic acids is 1. The predicted molar refractivity (Wildman–Crippen MR) is 101 cm³/mol. The summed E-state index contributed by atoms with van der Waals surface area (Å²) < 4.78 is 32.6. The van der Waals surface area contributed by atoms with E-state index in [0.29, 0.717) is 0 Å². The molecule has 0 radical (unpaired) electrons. The third-order valence-electron chi connectivity index (χ3n) is 3.59. The molecule has 0 aliphatic rings. The molecule has 26 heavy (non-hydrogen) atoms. The SMILES string of the molecule is Cc1ccc(S(=O)(=O)N(CC(=O)OC(C)(C)C)Cc2ccccc2)cc1. The highest BCUT2D eigenvalue weighted by Gasteiger charge is 2.29. The Balaban J connectivity index is 2.32. The van der Waals surface area contributed by atoms with Gasteiger partial charge in [-0.15, -0.1) is 0 Å². The zero-order valence-corrected chi connectivity index (χ0v) is 16.4. The molecular weight excluding hydrogens is 350 g/mol. The van der Waals surface area contributed by atoms with Gasteiger partial charge in [0.05, 0.1) is 4.90 Å². The number of esters is 1. The van der Waals surface area contributed by atoms with E-state index in [1.807, 2.05) is 37.3 Å². The molecule has 0 aliphatic carbocycles. The lowest BCUT2D eigenvalue weighted by atomic mass is 10.2. The molecule has 0 bridgehead atoms. The summed E-state index contributed by atoms with van der Waals surface area (Å²) >= 11 is 0. The van der Waals surface area contributed by atoms with E-state index in [9.17, 15) is 13.2 Å². The first-order chi connectivity index (χ1) is 12.1. The van der Waals surface area contributed by atoms with Crippen LogP contribution in [-0.2, 0) is 26.1 Å². The molecule has 0 saturated carbocycles. The number of benzene rings is 2. The van der Waals surface area contributed by atoms with E-state index < -0.39 is 21.6 Å². The first kappa shape index (κ1) is 20.1. The number of nitrogens with zero attached hydrogens (tertiary/aromatic N) is 1. The number of hydrogen-bond acceptors (Lipinski definition) is 4. The Bertz CT molecular complexity index is 838. The van der Waals surface area contributed by atoms with Crippen molar-refractivity contribution < 1.29 is 17.9 Å². The number of carbonyl (C=O) groups is 1. The van der Waals surface area contributed by atoms with Crippen molar-refractivity contribution in [2.24, 2.45) is 0 Å². The molecule has 0 fully saturated rings. The molecule has 0 unspecified atom stereocenters. The van der Waals surface area contributed by atoms with Crippen LogP contribution in [0.5, 0.6) is 0 Å². The van der Waals surface area contributed by atoms with Crippen molar-refractivity contribution in [1.82, 2.24) is 4.31 Å². The number of sulfonamides is 1. The van der Waals surface area contributed by atoms with E-state index in [0.717, 1.165) is 15.4 Å². The van der Waals surface area contributed by atoms with Crippen molar-refractivity contribution in [3.05, 3.63) is 65.7 Å². The number of hydrogen-bond donors (Lipinski definition) is 0. The Morgan fingerprint density at radius 1 is 1.00 bits per heavy atom. The van der Waals surface area contributed by atoms with Crippen LogP contribution in [0.25, 0.3) is 0 Å². The van der Waals surface area contributed by atoms with Crippen molar-refractivity contribution in [2.45, 2.75) is 44.7 Å². The van der Waals surface area contributed by atoms with Crippen molar-refractivity contribution in [3.63, 3.8) is 0 Å². The molecule has 2 rings (SSSR count). The Kier molecular flexibility index (Phi) is 6.21. The minimum absolute atomic E-state index is 0.0935. The summed E-state index contributed by atoms with van der Waals surface area (Å²) in [6, 6.07) is 15.8. The topological polar surface area (TPSA) is 63.7 Å². The molecule has 0 spiro atoms. The normalized spacial score (nSPS) is 12.2. The fraction of sp³-hybridized carbons (Fsp3) is 0.350. The molecule has 5 nitrogen and oxygen atoms in total. The van der Waals surface area contributed by atoms with Gasteiger partial charge in [0.2, 0.25) is 10.0 Å². The third-order valence-corrected chi connectivity index (χ3v) is 5.39. The van der Waals surface area contributed by atoms with Gasteiger partial charge in [0.15, 0.2) is 0 Å². The Morgan fingerprint density at radius 3 is 2.12 bits per heavy atom. The fourth-order valence-corrected chi connectivity index (χ4v) is 3.76. The second kappa shape index (κ2) is 8.01. The van der Waals surface area contributed by atoms with Crippen LogP contribution in [0.1, 0.15) is 31.9 Å². The first-order valence-corrected chi connectivity index (χ1v) is 9.84. The standard InChI is InChI=1S/C20H25NO4S/c1-16-10-12-18(13-11-16)26(23,24)21(14-17-8-6-5-7-9-17)15-19(22)25-20(2,3)4/h5-13H,14-15H2,1-4H3. The van der Waals surface area contributed by atoms with E-state index in [-0.39, 0.29) is 18.0 Å². The summed E-state index contributed by atoms with van der Waals surface area (Å²) in [5.41, 5.74) is 1.08. The van der Waals surface area contributed by atoms with Crippen LogP contribution in [-0.4, -0.2) is 30.8 Å². The second-order valence-electron chi connectivity index (χ2n) is 7.16. The Hall–Kier alpha value is -2.18. The van der Waals surface area contributed by atoms with E-state index in [1.54, 1.807) is 45.0 Å². The molecular formula is C20H25NO4S. The monoisotopic (exact) mass is 375 g/mol. The molecule has 0 amide bonds. The quantitative estimate of drug-likeness (QED) is 0.725. The van der Waals surface area contributed by atoms with E-state index in [4.69, 9.17) is 4.74 Å². The Morgan fingerprint density at radius 2 is 1.58 bits per heavy atom.